The van der Waals surface area contributed by atoms with Crippen molar-refractivity contribution in [2.45, 2.75) is 26.7 Å². The molecule has 0 aliphatic rings. The summed E-state index contributed by atoms with van der Waals surface area (Å²) in [4.78, 5) is 6.94. The Morgan fingerprint density at radius 1 is 1.43 bits per heavy atom. The van der Waals surface area contributed by atoms with Gasteiger partial charge in [-0.25, -0.2) is 17.8 Å². The largest absolute Gasteiger partial charge is 0.348 e. The van der Waals surface area contributed by atoms with Gasteiger partial charge < -0.3 is 4.98 Å². The van der Waals surface area contributed by atoms with Gasteiger partial charge in [-0.1, -0.05) is 6.92 Å². The minimum atomic E-state index is -3.44. The molecule has 1 aromatic heterocycles. The molecule has 1 unspecified atom stereocenters. The van der Waals surface area contributed by atoms with E-state index in [-0.39, 0.29) is 17.4 Å². The zero-order valence-corrected chi connectivity index (χ0v) is 13.0. The summed E-state index contributed by atoms with van der Waals surface area (Å²) < 4.78 is 39.7. The van der Waals surface area contributed by atoms with Crippen LogP contribution in [0.4, 0.5) is 10.1 Å². The molecule has 1 aromatic carbocycles. The van der Waals surface area contributed by atoms with E-state index in [4.69, 9.17) is 0 Å². The molecule has 21 heavy (non-hydrogen) atoms. The first-order valence-electron chi connectivity index (χ1n) is 6.63. The van der Waals surface area contributed by atoms with Crippen molar-refractivity contribution < 1.29 is 12.8 Å². The molecule has 0 radical (unpaired) electrons. The zero-order valence-electron chi connectivity index (χ0n) is 12.1. The quantitative estimate of drug-likeness (QED) is 0.891. The van der Waals surface area contributed by atoms with Crippen LogP contribution in [0.2, 0.25) is 0 Å². The maximum atomic E-state index is 14.1. The molecule has 7 heteroatoms. The molecule has 2 N–H and O–H groups in total. The van der Waals surface area contributed by atoms with Gasteiger partial charge in [0, 0.05) is 17.8 Å². The van der Waals surface area contributed by atoms with Crippen LogP contribution in [0.25, 0.3) is 0 Å². The SMILES string of the molecule is CCS(=O)(=O)Nc1cc(F)c(C)c(C(C)c2cnc[nH]2)c1. The number of halogens is 1. The molecule has 2 rings (SSSR count). The van der Waals surface area contributed by atoms with Crippen molar-refractivity contribution >= 4 is 15.7 Å². The van der Waals surface area contributed by atoms with Crippen molar-refractivity contribution in [1.82, 2.24) is 9.97 Å². The van der Waals surface area contributed by atoms with Crippen LogP contribution in [0.15, 0.2) is 24.7 Å². The minimum absolute atomic E-state index is 0.0616. The van der Waals surface area contributed by atoms with Gasteiger partial charge >= 0.3 is 0 Å². The molecule has 0 fully saturated rings. The third-order valence-corrected chi connectivity index (χ3v) is 4.80. The maximum Gasteiger partial charge on any atom is 0.232 e. The molecule has 0 bridgehead atoms. The Kier molecular flexibility index (Phi) is 4.32. The van der Waals surface area contributed by atoms with Crippen LogP contribution < -0.4 is 4.72 Å². The Balaban J connectivity index is 2.44. The Labute approximate surface area is 123 Å². The van der Waals surface area contributed by atoms with Crippen LogP contribution in [0.3, 0.4) is 0 Å². The van der Waals surface area contributed by atoms with E-state index in [1.807, 2.05) is 6.92 Å². The highest BCUT2D eigenvalue weighted by atomic mass is 32.2. The third-order valence-electron chi connectivity index (χ3n) is 3.49. The van der Waals surface area contributed by atoms with E-state index < -0.39 is 15.8 Å². The number of rotatable bonds is 5. The topological polar surface area (TPSA) is 74.8 Å². The highest BCUT2D eigenvalue weighted by Gasteiger charge is 2.17. The average Bonchev–Trinajstić information content (AvgIpc) is 2.95. The summed E-state index contributed by atoms with van der Waals surface area (Å²) in [6, 6.07) is 2.86. The van der Waals surface area contributed by atoms with Crippen LogP contribution in [0.5, 0.6) is 0 Å². The number of sulfonamides is 1. The number of nitrogens with zero attached hydrogens (tertiary/aromatic N) is 1. The van der Waals surface area contributed by atoms with Crippen molar-refractivity contribution in [2.75, 3.05) is 10.5 Å². The number of hydrogen-bond acceptors (Lipinski definition) is 3. The Hall–Kier alpha value is -1.89. The second-order valence-corrected chi connectivity index (χ2v) is 6.92. The van der Waals surface area contributed by atoms with E-state index in [2.05, 4.69) is 14.7 Å². The van der Waals surface area contributed by atoms with E-state index in [9.17, 15) is 12.8 Å². The molecule has 1 atom stereocenters. The molecule has 0 amide bonds. The second-order valence-electron chi connectivity index (χ2n) is 4.91. The van der Waals surface area contributed by atoms with Gasteiger partial charge in [-0.2, -0.15) is 0 Å². The predicted molar refractivity (Wildman–Crippen MR) is 80.3 cm³/mol. The Morgan fingerprint density at radius 3 is 2.71 bits per heavy atom. The summed E-state index contributed by atoms with van der Waals surface area (Å²) in [7, 11) is -3.44. The summed E-state index contributed by atoms with van der Waals surface area (Å²) in [5.74, 6) is -0.616. The average molecular weight is 311 g/mol. The monoisotopic (exact) mass is 311 g/mol. The first-order valence-corrected chi connectivity index (χ1v) is 8.28. The van der Waals surface area contributed by atoms with Crippen LogP contribution in [-0.4, -0.2) is 24.1 Å². The lowest BCUT2D eigenvalue weighted by molar-refractivity contribution is 0.602. The number of hydrogen-bond donors (Lipinski definition) is 2. The molecule has 0 saturated carbocycles. The lowest BCUT2D eigenvalue weighted by atomic mass is 9.93. The Morgan fingerprint density at radius 2 is 2.14 bits per heavy atom. The predicted octanol–water partition coefficient (Wildman–Crippen LogP) is 2.77. The normalized spacial score (nSPS) is 13.1. The number of aromatic amines is 1. The van der Waals surface area contributed by atoms with Gasteiger partial charge in [-0.3, -0.25) is 4.72 Å². The van der Waals surface area contributed by atoms with Gasteiger partial charge in [0.15, 0.2) is 0 Å². The fourth-order valence-corrected chi connectivity index (χ4v) is 2.75. The second kappa shape index (κ2) is 5.85. The standard InChI is InChI=1S/C14H18FN3O2S/c1-4-21(19,20)18-11-5-12(9(2)13(15)6-11)10(3)14-7-16-8-17-14/h5-8,10,18H,4H2,1-3H3,(H,16,17). The molecule has 114 valence electrons. The first kappa shape index (κ1) is 15.5. The smallest absolute Gasteiger partial charge is 0.232 e. The molecule has 0 saturated heterocycles. The number of benzene rings is 1. The van der Waals surface area contributed by atoms with E-state index in [1.54, 1.807) is 25.5 Å². The third kappa shape index (κ3) is 3.41. The van der Waals surface area contributed by atoms with Crippen LogP contribution in [0, 0.1) is 12.7 Å². The van der Waals surface area contributed by atoms with Gasteiger partial charge in [0.1, 0.15) is 5.82 Å². The lowest BCUT2D eigenvalue weighted by Gasteiger charge is -2.16. The van der Waals surface area contributed by atoms with Crippen LogP contribution >= 0.6 is 0 Å². The minimum Gasteiger partial charge on any atom is -0.348 e. The van der Waals surface area contributed by atoms with Crippen molar-refractivity contribution in [3.05, 3.63) is 47.3 Å². The molecular weight excluding hydrogens is 293 g/mol. The number of imidazole rings is 1. The van der Waals surface area contributed by atoms with Gasteiger partial charge in [-0.15, -0.1) is 0 Å². The van der Waals surface area contributed by atoms with E-state index in [1.165, 1.54) is 13.0 Å². The van der Waals surface area contributed by atoms with Crippen molar-refractivity contribution in [1.29, 1.82) is 0 Å². The number of nitrogens with one attached hydrogen (secondary N) is 2. The first-order chi connectivity index (χ1) is 9.84. The maximum absolute atomic E-state index is 14.1. The van der Waals surface area contributed by atoms with Crippen LogP contribution in [-0.2, 0) is 10.0 Å². The van der Waals surface area contributed by atoms with E-state index in [0.717, 1.165) is 5.69 Å². The van der Waals surface area contributed by atoms with Gasteiger partial charge in [0.2, 0.25) is 10.0 Å². The highest BCUT2D eigenvalue weighted by molar-refractivity contribution is 7.92. The molecule has 0 aliphatic carbocycles. The van der Waals surface area contributed by atoms with Crippen molar-refractivity contribution in [2.24, 2.45) is 0 Å². The van der Waals surface area contributed by atoms with Crippen molar-refractivity contribution in [3.8, 4) is 0 Å². The fraction of sp³-hybridized carbons (Fsp3) is 0.357. The van der Waals surface area contributed by atoms with Gasteiger partial charge in [-0.05, 0) is 37.1 Å². The van der Waals surface area contributed by atoms with Gasteiger partial charge in [0.25, 0.3) is 0 Å². The van der Waals surface area contributed by atoms with Gasteiger partial charge in [0.05, 0.1) is 17.8 Å². The lowest BCUT2D eigenvalue weighted by Crippen LogP contribution is -2.15. The summed E-state index contributed by atoms with van der Waals surface area (Å²) in [6.45, 7) is 5.12. The number of anilines is 1. The van der Waals surface area contributed by atoms with Crippen molar-refractivity contribution in [3.63, 3.8) is 0 Å². The zero-order chi connectivity index (χ0) is 15.6. The van der Waals surface area contributed by atoms with E-state index >= 15 is 0 Å². The molecule has 5 nitrogen and oxygen atoms in total. The molecule has 0 aliphatic heterocycles. The van der Waals surface area contributed by atoms with E-state index in [0.29, 0.717) is 11.1 Å². The summed E-state index contributed by atoms with van der Waals surface area (Å²) in [5.41, 5.74) is 2.29. The molecule has 2 aromatic rings. The summed E-state index contributed by atoms with van der Waals surface area (Å²) in [5, 5.41) is 0. The summed E-state index contributed by atoms with van der Waals surface area (Å²) in [6.07, 6.45) is 3.23. The fourth-order valence-electron chi connectivity index (χ4n) is 2.13. The number of aromatic nitrogens is 2. The highest BCUT2D eigenvalue weighted by Crippen LogP contribution is 2.30. The Bertz CT molecular complexity index is 727. The molecule has 1 heterocycles. The number of H-pyrrole nitrogens is 1. The summed E-state index contributed by atoms with van der Waals surface area (Å²) >= 11 is 0. The molecular formula is C14H18FN3O2S. The van der Waals surface area contributed by atoms with Crippen LogP contribution in [0.1, 0.15) is 36.6 Å². The molecule has 0 spiro atoms.